The molecule has 6 atom stereocenters. The summed E-state index contributed by atoms with van der Waals surface area (Å²) in [6.07, 6.45) is 2.23. The maximum atomic E-state index is 13.1. The van der Waals surface area contributed by atoms with Crippen LogP contribution >= 0.6 is 23.2 Å². The van der Waals surface area contributed by atoms with Crippen LogP contribution < -0.4 is 10.2 Å². The number of hydrogen-bond donors (Lipinski definition) is 1. The van der Waals surface area contributed by atoms with E-state index in [9.17, 15) is 19.2 Å². The summed E-state index contributed by atoms with van der Waals surface area (Å²) >= 11 is 12.8. The highest BCUT2D eigenvalue weighted by Gasteiger charge is 2.66. The van der Waals surface area contributed by atoms with Crippen LogP contribution in [0.1, 0.15) is 41.8 Å². The molecule has 3 aliphatic rings. The average Bonchev–Trinajstić information content (AvgIpc) is 3.52. The number of aryl methyl sites for hydroxylation is 2. The summed E-state index contributed by atoms with van der Waals surface area (Å²) in [5, 5.41) is 2.23. The molecule has 5 rings (SSSR count). The largest absolute Gasteiger partial charge is 0.452 e. The number of carbonyl (C=O) groups is 4. The third kappa shape index (κ3) is 4.32. The number of esters is 1. The van der Waals surface area contributed by atoms with Crippen molar-refractivity contribution in [2.45, 2.75) is 43.9 Å². The summed E-state index contributed by atoms with van der Waals surface area (Å²) in [4.78, 5) is 52.5. The highest BCUT2D eigenvalue weighted by molar-refractivity contribution is 6.32. The smallest absolute Gasteiger partial charge is 0.338 e. The number of imide groups is 1. The number of rotatable bonds is 7. The molecule has 2 aromatic carbocycles. The molecule has 3 amide bonds. The molecule has 2 aliphatic carbocycles. The fraction of sp³-hybridized carbons (Fsp3) is 0.429. The molecule has 1 N–H and O–H groups in total. The van der Waals surface area contributed by atoms with Crippen molar-refractivity contribution in [2.24, 2.45) is 23.7 Å². The van der Waals surface area contributed by atoms with Gasteiger partial charge in [-0.25, -0.2) is 4.79 Å². The maximum absolute atomic E-state index is 13.1. The van der Waals surface area contributed by atoms with Gasteiger partial charge in [0.25, 0.3) is 5.91 Å². The van der Waals surface area contributed by atoms with Gasteiger partial charge in [0.05, 0.1) is 33.8 Å². The topological polar surface area (TPSA) is 92.8 Å². The van der Waals surface area contributed by atoms with Crippen molar-refractivity contribution in [2.75, 3.05) is 16.8 Å². The van der Waals surface area contributed by atoms with Crippen molar-refractivity contribution in [3.8, 4) is 0 Å². The number of para-hydroxylation sites is 1. The molecular weight excluding hydrogens is 515 g/mol. The van der Waals surface area contributed by atoms with E-state index >= 15 is 0 Å². The van der Waals surface area contributed by atoms with Crippen LogP contribution in [0.4, 0.5) is 11.4 Å². The fourth-order valence-corrected chi connectivity index (χ4v) is 7.04. The van der Waals surface area contributed by atoms with Gasteiger partial charge in [0, 0.05) is 5.69 Å². The zero-order valence-electron chi connectivity index (χ0n) is 20.6. The average molecular weight is 543 g/mol. The molecule has 0 spiro atoms. The number of nitrogens with zero attached hydrogens (tertiary/aromatic N) is 1. The molecule has 0 radical (unpaired) electrons. The lowest BCUT2D eigenvalue weighted by molar-refractivity contribution is -0.123. The quantitative estimate of drug-likeness (QED) is 0.314. The fourth-order valence-electron chi connectivity index (χ4n) is 6.14. The number of fused-ring (bicyclic) bond motifs is 5. The van der Waals surface area contributed by atoms with E-state index in [-0.39, 0.29) is 40.0 Å². The summed E-state index contributed by atoms with van der Waals surface area (Å²) in [5.41, 5.74) is 3.39. The Morgan fingerprint density at radius 3 is 1.97 bits per heavy atom. The van der Waals surface area contributed by atoms with Crippen LogP contribution in [0.25, 0.3) is 0 Å². The van der Waals surface area contributed by atoms with Crippen molar-refractivity contribution in [3.63, 3.8) is 0 Å². The molecule has 2 saturated carbocycles. The number of nitrogens with one attached hydrogen (secondary N) is 1. The van der Waals surface area contributed by atoms with E-state index < -0.39 is 30.3 Å². The molecule has 194 valence electrons. The monoisotopic (exact) mass is 542 g/mol. The highest BCUT2D eigenvalue weighted by Crippen LogP contribution is 2.59. The van der Waals surface area contributed by atoms with Crippen LogP contribution in [-0.2, 0) is 32.0 Å². The zero-order chi connectivity index (χ0) is 26.4. The highest BCUT2D eigenvalue weighted by atomic mass is 35.5. The van der Waals surface area contributed by atoms with Gasteiger partial charge in [0.1, 0.15) is 0 Å². The lowest BCUT2D eigenvalue weighted by Gasteiger charge is -2.28. The van der Waals surface area contributed by atoms with Gasteiger partial charge in [-0.3, -0.25) is 19.3 Å². The minimum atomic E-state index is -0.676. The molecule has 37 heavy (non-hydrogen) atoms. The van der Waals surface area contributed by atoms with Gasteiger partial charge in [-0.1, -0.05) is 32.0 Å². The third-order valence-corrected chi connectivity index (χ3v) is 9.27. The first-order chi connectivity index (χ1) is 17.8. The lowest BCUT2D eigenvalue weighted by Crippen LogP contribution is -2.37. The number of halogens is 2. The van der Waals surface area contributed by atoms with Gasteiger partial charge in [-0.05, 0) is 66.5 Å². The Morgan fingerprint density at radius 2 is 1.46 bits per heavy atom. The van der Waals surface area contributed by atoms with E-state index in [2.05, 4.69) is 5.32 Å². The van der Waals surface area contributed by atoms with Crippen LogP contribution in [0.5, 0.6) is 0 Å². The van der Waals surface area contributed by atoms with Gasteiger partial charge in [0.15, 0.2) is 6.61 Å². The number of amides is 3. The number of alkyl halides is 2. The molecule has 3 fully saturated rings. The standard InChI is InChI=1S/C28H28Cl2N2O5/c1-3-14-6-5-7-15(4-2)25(14)31-20(33)13-37-28(36)16-8-10-17(11-9-16)32-26(34)21-18-12-19(22(21)27(32)35)24(30)23(18)29/h5-11,18-19,21-24H,3-4,12-13H2,1-2H3,(H,31,33)/t18-,19-,21-,22-,23+,24+/m1/s1. The van der Waals surface area contributed by atoms with Crippen molar-refractivity contribution < 1.29 is 23.9 Å². The minimum absolute atomic E-state index is 0.0984. The Labute approximate surface area is 225 Å². The Balaban J connectivity index is 1.22. The number of hydrogen-bond acceptors (Lipinski definition) is 5. The molecule has 9 heteroatoms. The zero-order valence-corrected chi connectivity index (χ0v) is 22.1. The Hall–Kier alpha value is -2.90. The molecule has 1 aliphatic heterocycles. The predicted octanol–water partition coefficient (Wildman–Crippen LogP) is 4.58. The van der Waals surface area contributed by atoms with Crippen LogP contribution in [0.3, 0.4) is 0 Å². The van der Waals surface area contributed by atoms with Gasteiger partial charge >= 0.3 is 5.97 Å². The van der Waals surface area contributed by atoms with Crippen LogP contribution in [-0.4, -0.2) is 41.1 Å². The number of anilines is 2. The van der Waals surface area contributed by atoms with E-state index in [1.54, 1.807) is 0 Å². The molecule has 2 bridgehead atoms. The number of carbonyl (C=O) groups excluding carboxylic acids is 4. The number of ether oxygens (including phenoxy) is 1. The van der Waals surface area contributed by atoms with E-state index in [1.807, 2.05) is 32.0 Å². The van der Waals surface area contributed by atoms with Crippen LogP contribution in [0.15, 0.2) is 42.5 Å². The molecule has 2 aromatic rings. The van der Waals surface area contributed by atoms with Crippen LogP contribution in [0, 0.1) is 23.7 Å². The molecule has 7 nitrogen and oxygen atoms in total. The maximum Gasteiger partial charge on any atom is 0.338 e. The van der Waals surface area contributed by atoms with Gasteiger partial charge < -0.3 is 10.1 Å². The molecule has 1 saturated heterocycles. The summed E-state index contributed by atoms with van der Waals surface area (Å²) in [7, 11) is 0. The second-order valence-corrected chi connectivity index (χ2v) is 10.9. The first-order valence-corrected chi connectivity index (χ1v) is 13.5. The number of benzene rings is 2. The van der Waals surface area contributed by atoms with E-state index in [0.29, 0.717) is 12.1 Å². The summed E-state index contributed by atoms with van der Waals surface area (Å²) in [6.45, 7) is 3.59. The summed E-state index contributed by atoms with van der Waals surface area (Å²) in [6, 6.07) is 11.9. The van der Waals surface area contributed by atoms with Crippen molar-refractivity contribution in [1.29, 1.82) is 0 Å². The van der Waals surface area contributed by atoms with E-state index in [1.165, 1.54) is 29.2 Å². The first kappa shape index (κ1) is 25.7. The van der Waals surface area contributed by atoms with Crippen LogP contribution in [0.2, 0.25) is 0 Å². The molecule has 0 unspecified atom stereocenters. The van der Waals surface area contributed by atoms with E-state index in [4.69, 9.17) is 27.9 Å². The Bertz CT molecular complexity index is 1210. The van der Waals surface area contributed by atoms with Gasteiger partial charge in [-0.15, -0.1) is 23.2 Å². The van der Waals surface area contributed by atoms with Crippen molar-refractivity contribution in [1.82, 2.24) is 0 Å². The molecule has 1 heterocycles. The SMILES string of the molecule is CCc1cccc(CC)c1NC(=O)COC(=O)c1ccc(N2C(=O)[C@@H]3[C@H]4C[C@@H]([C@H](Cl)[C@H]4Cl)[C@H]3C2=O)cc1. The molecular formula is C28H28Cl2N2O5. The molecule has 0 aromatic heterocycles. The van der Waals surface area contributed by atoms with Gasteiger partial charge in [0.2, 0.25) is 11.8 Å². The third-order valence-electron chi connectivity index (χ3n) is 7.95. The Kier molecular flexibility index (Phi) is 7.03. The van der Waals surface area contributed by atoms with Crippen molar-refractivity contribution >= 4 is 58.3 Å². The minimum Gasteiger partial charge on any atom is -0.452 e. The van der Waals surface area contributed by atoms with E-state index in [0.717, 1.165) is 29.7 Å². The summed E-state index contributed by atoms with van der Waals surface area (Å²) in [5.74, 6) is -2.70. The normalized spacial score (nSPS) is 27.9. The second kappa shape index (κ2) is 10.1. The second-order valence-electron chi connectivity index (χ2n) is 9.85. The van der Waals surface area contributed by atoms with Gasteiger partial charge in [-0.2, -0.15) is 0 Å². The summed E-state index contributed by atoms with van der Waals surface area (Å²) < 4.78 is 5.21. The Morgan fingerprint density at radius 1 is 0.919 bits per heavy atom. The lowest BCUT2D eigenvalue weighted by atomic mass is 9.80. The van der Waals surface area contributed by atoms with Crippen molar-refractivity contribution in [3.05, 3.63) is 59.2 Å². The predicted molar refractivity (Wildman–Crippen MR) is 141 cm³/mol. The first-order valence-electron chi connectivity index (χ1n) is 12.6.